The van der Waals surface area contributed by atoms with E-state index in [4.69, 9.17) is 16.3 Å². The van der Waals surface area contributed by atoms with E-state index in [1.807, 2.05) is 66.8 Å². The molecule has 0 atom stereocenters. The summed E-state index contributed by atoms with van der Waals surface area (Å²) in [6.07, 6.45) is 1.46. The van der Waals surface area contributed by atoms with Crippen LogP contribution < -0.4 is 10.3 Å². The van der Waals surface area contributed by atoms with E-state index >= 15 is 0 Å². The zero-order valence-electron chi connectivity index (χ0n) is 16.2. The molecule has 0 amide bonds. The van der Waals surface area contributed by atoms with Crippen molar-refractivity contribution in [3.05, 3.63) is 95.4 Å². The Morgan fingerprint density at radius 3 is 2.52 bits per heavy atom. The molecule has 6 heteroatoms. The number of aromatic nitrogens is 1. The highest BCUT2D eigenvalue weighted by Crippen LogP contribution is 2.23. The Kier molecular flexibility index (Phi) is 7.14. The van der Waals surface area contributed by atoms with Gasteiger partial charge in [-0.15, -0.1) is 0 Å². The highest BCUT2D eigenvalue weighted by molar-refractivity contribution is 14.1. The van der Waals surface area contributed by atoms with Gasteiger partial charge in [0.25, 0.3) is 5.56 Å². The number of halogens is 2. The standard InChI is InChI=1S/C23H21ClINO3/c1-15-3-4-16(2)22(11-15)29-14-21-19(24)12-20(25)23(28)26(21)10-9-17-5-7-18(13-27)8-6-17/h3-8,11-13H,9-10,14H2,1-2H3. The van der Waals surface area contributed by atoms with Crippen LogP contribution in [-0.4, -0.2) is 10.9 Å². The van der Waals surface area contributed by atoms with Crippen LogP contribution in [0.25, 0.3) is 0 Å². The summed E-state index contributed by atoms with van der Waals surface area (Å²) in [4.78, 5) is 23.6. The zero-order chi connectivity index (χ0) is 21.0. The first-order chi connectivity index (χ1) is 13.9. The van der Waals surface area contributed by atoms with Crippen LogP contribution >= 0.6 is 34.2 Å². The van der Waals surface area contributed by atoms with Crippen LogP contribution in [0.3, 0.4) is 0 Å². The Balaban J connectivity index is 1.86. The summed E-state index contributed by atoms with van der Waals surface area (Å²) in [7, 11) is 0. The van der Waals surface area contributed by atoms with Crippen LogP contribution in [-0.2, 0) is 19.6 Å². The second-order valence-electron chi connectivity index (χ2n) is 6.91. The Hall–Kier alpha value is -2.12. The quantitative estimate of drug-likeness (QED) is 0.311. The highest BCUT2D eigenvalue weighted by Gasteiger charge is 2.14. The molecule has 0 radical (unpaired) electrons. The van der Waals surface area contributed by atoms with Gasteiger partial charge in [0.15, 0.2) is 0 Å². The third-order valence-corrected chi connectivity index (χ3v) is 5.85. The number of aryl methyl sites for hydroxylation is 3. The molecule has 0 saturated carbocycles. The maximum Gasteiger partial charge on any atom is 0.264 e. The Morgan fingerprint density at radius 1 is 1.10 bits per heavy atom. The molecule has 1 heterocycles. The van der Waals surface area contributed by atoms with Crippen molar-refractivity contribution in [2.75, 3.05) is 0 Å². The first kappa shape index (κ1) is 21.6. The maximum atomic E-state index is 12.8. The van der Waals surface area contributed by atoms with Crippen molar-refractivity contribution in [2.45, 2.75) is 33.4 Å². The molecule has 0 unspecified atom stereocenters. The maximum absolute atomic E-state index is 12.8. The third-order valence-electron chi connectivity index (χ3n) is 4.75. The fourth-order valence-corrected chi connectivity index (χ4v) is 4.09. The number of hydrogen-bond acceptors (Lipinski definition) is 3. The van der Waals surface area contributed by atoms with Crippen LogP contribution in [0.1, 0.15) is 32.7 Å². The second kappa shape index (κ2) is 9.59. The van der Waals surface area contributed by atoms with Crippen molar-refractivity contribution in [2.24, 2.45) is 0 Å². The summed E-state index contributed by atoms with van der Waals surface area (Å²) in [5.74, 6) is 0.781. The first-order valence-corrected chi connectivity index (χ1v) is 10.7. The molecular formula is C23H21ClINO3. The molecule has 3 rings (SSSR count). The molecule has 2 aromatic carbocycles. The van der Waals surface area contributed by atoms with E-state index in [0.29, 0.717) is 32.8 Å². The van der Waals surface area contributed by atoms with Gasteiger partial charge in [0.2, 0.25) is 0 Å². The van der Waals surface area contributed by atoms with Crippen molar-refractivity contribution < 1.29 is 9.53 Å². The van der Waals surface area contributed by atoms with E-state index < -0.39 is 0 Å². The van der Waals surface area contributed by atoms with Crippen LogP contribution in [0.4, 0.5) is 0 Å². The van der Waals surface area contributed by atoms with Gasteiger partial charge in [-0.25, -0.2) is 0 Å². The first-order valence-electron chi connectivity index (χ1n) is 9.21. The van der Waals surface area contributed by atoms with Gasteiger partial charge >= 0.3 is 0 Å². The zero-order valence-corrected chi connectivity index (χ0v) is 19.2. The smallest absolute Gasteiger partial charge is 0.264 e. The van der Waals surface area contributed by atoms with Gasteiger partial charge in [0.05, 0.1) is 14.3 Å². The minimum atomic E-state index is -0.0842. The van der Waals surface area contributed by atoms with Crippen molar-refractivity contribution in [3.63, 3.8) is 0 Å². The minimum Gasteiger partial charge on any atom is -0.487 e. The lowest BCUT2D eigenvalue weighted by molar-refractivity contribution is 0.112. The molecule has 0 saturated heterocycles. The number of aldehydes is 1. The normalized spacial score (nSPS) is 10.8. The lowest BCUT2D eigenvalue weighted by Crippen LogP contribution is -2.27. The van der Waals surface area contributed by atoms with Crippen molar-refractivity contribution >= 4 is 40.5 Å². The topological polar surface area (TPSA) is 48.3 Å². The molecule has 29 heavy (non-hydrogen) atoms. The highest BCUT2D eigenvalue weighted by atomic mass is 127. The van der Waals surface area contributed by atoms with E-state index in [1.54, 1.807) is 22.8 Å². The molecule has 4 nitrogen and oxygen atoms in total. The number of carbonyl (C=O) groups is 1. The van der Waals surface area contributed by atoms with Gasteiger partial charge in [-0.2, -0.15) is 0 Å². The SMILES string of the molecule is Cc1ccc(C)c(OCc2c(Cl)cc(I)c(=O)n2CCc2ccc(C=O)cc2)c1. The fraction of sp³-hybridized carbons (Fsp3) is 0.217. The van der Waals surface area contributed by atoms with Gasteiger partial charge < -0.3 is 9.30 Å². The Labute approximate surface area is 188 Å². The molecule has 3 aromatic rings. The lowest BCUT2D eigenvalue weighted by Gasteiger charge is -2.17. The van der Waals surface area contributed by atoms with Crippen LogP contribution in [0.2, 0.25) is 5.02 Å². The summed E-state index contributed by atoms with van der Waals surface area (Å²) in [6.45, 7) is 4.68. The predicted molar refractivity (Wildman–Crippen MR) is 124 cm³/mol. The second-order valence-corrected chi connectivity index (χ2v) is 8.48. The van der Waals surface area contributed by atoms with Crippen molar-refractivity contribution in [1.82, 2.24) is 4.57 Å². The molecule has 0 aliphatic carbocycles. The Morgan fingerprint density at radius 2 is 1.83 bits per heavy atom. The van der Waals surface area contributed by atoms with E-state index in [1.165, 1.54) is 0 Å². The average Bonchev–Trinajstić information content (AvgIpc) is 2.71. The van der Waals surface area contributed by atoms with Crippen molar-refractivity contribution in [3.8, 4) is 5.75 Å². The summed E-state index contributed by atoms with van der Waals surface area (Å²) >= 11 is 8.49. The molecule has 0 aliphatic heterocycles. The number of ether oxygens (including phenoxy) is 1. The molecule has 0 aliphatic rings. The van der Waals surface area contributed by atoms with Crippen molar-refractivity contribution in [1.29, 1.82) is 0 Å². The van der Waals surface area contributed by atoms with E-state index in [-0.39, 0.29) is 12.2 Å². The van der Waals surface area contributed by atoms with Gasteiger partial charge in [-0.05, 0) is 71.7 Å². The summed E-state index contributed by atoms with van der Waals surface area (Å²) in [5.41, 5.74) is 4.38. The largest absolute Gasteiger partial charge is 0.487 e. The Bertz CT molecular complexity index is 1090. The molecule has 0 spiro atoms. The summed E-state index contributed by atoms with van der Waals surface area (Å²) < 4.78 is 8.27. The third kappa shape index (κ3) is 5.28. The van der Waals surface area contributed by atoms with E-state index in [9.17, 15) is 9.59 Å². The monoisotopic (exact) mass is 521 g/mol. The number of nitrogens with zero attached hydrogens (tertiary/aromatic N) is 1. The fourth-order valence-electron chi connectivity index (χ4n) is 3.03. The molecule has 1 aromatic heterocycles. The number of rotatable bonds is 7. The molecule has 0 N–H and O–H groups in total. The van der Waals surface area contributed by atoms with Crippen LogP contribution in [0, 0.1) is 17.4 Å². The number of benzene rings is 2. The van der Waals surface area contributed by atoms with Gasteiger partial charge in [-0.1, -0.05) is 48.0 Å². The van der Waals surface area contributed by atoms with Crippen LogP contribution in [0.5, 0.6) is 5.75 Å². The van der Waals surface area contributed by atoms with E-state index in [0.717, 1.165) is 28.7 Å². The molecular weight excluding hydrogens is 501 g/mol. The summed E-state index contributed by atoms with van der Waals surface area (Å²) in [5, 5.41) is 0.510. The number of pyridine rings is 1. The van der Waals surface area contributed by atoms with Gasteiger partial charge in [-0.3, -0.25) is 9.59 Å². The lowest BCUT2D eigenvalue weighted by atomic mass is 10.1. The average molecular weight is 522 g/mol. The van der Waals surface area contributed by atoms with Crippen LogP contribution in [0.15, 0.2) is 53.3 Å². The van der Waals surface area contributed by atoms with Gasteiger partial charge in [0, 0.05) is 12.1 Å². The molecule has 0 fully saturated rings. The number of carbonyl (C=O) groups excluding carboxylic acids is 1. The van der Waals surface area contributed by atoms with Gasteiger partial charge in [0.1, 0.15) is 18.6 Å². The number of hydrogen-bond donors (Lipinski definition) is 0. The molecule has 150 valence electrons. The minimum absolute atomic E-state index is 0.0842. The summed E-state index contributed by atoms with van der Waals surface area (Å²) in [6, 6.07) is 15.1. The van der Waals surface area contributed by atoms with E-state index in [2.05, 4.69) is 0 Å². The molecule has 0 bridgehead atoms. The predicted octanol–water partition coefficient (Wildman–Crippen LogP) is 5.36.